The van der Waals surface area contributed by atoms with Gasteiger partial charge in [-0.25, -0.2) is 4.79 Å². The van der Waals surface area contributed by atoms with E-state index in [-0.39, 0.29) is 11.3 Å². The van der Waals surface area contributed by atoms with Crippen molar-refractivity contribution < 1.29 is 31.9 Å². The molecule has 4 rings (SSSR count). The maximum Gasteiger partial charge on any atom is 0.420 e. The molecule has 10 heteroatoms. The molecule has 1 amide bonds. The average molecular weight is 470 g/mol. The van der Waals surface area contributed by atoms with Crippen molar-refractivity contribution >= 4 is 28.7 Å². The van der Waals surface area contributed by atoms with Gasteiger partial charge in [0.2, 0.25) is 6.10 Å². The van der Waals surface area contributed by atoms with Gasteiger partial charge in [0.05, 0.1) is 11.1 Å². The third-order valence-corrected chi connectivity index (χ3v) is 4.91. The lowest BCUT2D eigenvalue weighted by atomic mass is 10.1. The molecule has 3 aromatic carbocycles. The number of carbonyl (C=O) groups excluding carboxylic acids is 2. The second-order valence-electron chi connectivity index (χ2n) is 7.27. The number of para-hydroxylation sites is 2. The Balaban J connectivity index is 1.57. The molecule has 1 atom stereocenters. The number of ether oxygens (including phenoxy) is 1. The van der Waals surface area contributed by atoms with Crippen LogP contribution in [0.15, 0.2) is 88.1 Å². The zero-order valence-electron chi connectivity index (χ0n) is 17.4. The Morgan fingerprint density at radius 1 is 0.971 bits per heavy atom. The lowest BCUT2D eigenvalue weighted by molar-refractivity contribution is -0.155. The lowest BCUT2D eigenvalue weighted by Gasteiger charge is -2.18. The summed E-state index contributed by atoms with van der Waals surface area (Å²) in [7, 11) is 0. The van der Waals surface area contributed by atoms with E-state index in [0.717, 1.165) is 22.8 Å². The number of rotatable bonds is 6. The number of alkyl halides is 3. The number of oxazole rings is 1. The molecule has 174 valence electrons. The quantitative estimate of drug-likeness (QED) is 0.418. The highest BCUT2D eigenvalue weighted by Crippen LogP contribution is 2.31. The van der Waals surface area contributed by atoms with E-state index in [1.165, 1.54) is 18.2 Å². The van der Waals surface area contributed by atoms with E-state index >= 15 is 0 Å². The summed E-state index contributed by atoms with van der Waals surface area (Å²) in [6.07, 6.45) is -6.07. The standard InChI is InChI=1S/C24H17F3N2O5/c25-24(26,27)16-9-6-10-17(13-16)28-22(31)21(15-7-2-1-3-8-15)34-20(30)14-29-18-11-4-5-12-19(18)33-23(29)32/h1-13,21H,14H2,(H,28,31). The highest BCUT2D eigenvalue weighted by molar-refractivity contribution is 5.96. The first-order valence-corrected chi connectivity index (χ1v) is 10.0. The summed E-state index contributed by atoms with van der Waals surface area (Å²) in [4.78, 5) is 37.8. The van der Waals surface area contributed by atoms with Gasteiger partial charge in [0, 0.05) is 11.3 Å². The average Bonchev–Trinajstić information content (AvgIpc) is 3.12. The third kappa shape index (κ3) is 5.01. The van der Waals surface area contributed by atoms with Crippen molar-refractivity contribution in [2.75, 3.05) is 5.32 Å². The van der Waals surface area contributed by atoms with Crippen molar-refractivity contribution in [3.8, 4) is 0 Å². The van der Waals surface area contributed by atoms with Crippen molar-refractivity contribution in [3.63, 3.8) is 0 Å². The summed E-state index contributed by atoms with van der Waals surface area (Å²) in [5.41, 5.74) is -0.111. The Morgan fingerprint density at radius 2 is 1.68 bits per heavy atom. The molecule has 0 aliphatic carbocycles. The summed E-state index contributed by atoms with van der Waals surface area (Å²) in [6.45, 7) is -0.532. The molecule has 0 saturated carbocycles. The van der Waals surface area contributed by atoms with E-state index in [4.69, 9.17) is 9.15 Å². The number of aromatic nitrogens is 1. The third-order valence-electron chi connectivity index (χ3n) is 4.91. The molecule has 1 heterocycles. The molecule has 4 aromatic rings. The van der Waals surface area contributed by atoms with Crippen LogP contribution >= 0.6 is 0 Å². The van der Waals surface area contributed by atoms with Crippen LogP contribution in [0.25, 0.3) is 11.1 Å². The van der Waals surface area contributed by atoms with Gasteiger partial charge in [0.25, 0.3) is 5.91 Å². The van der Waals surface area contributed by atoms with Gasteiger partial charge in [0.1, 0.15) is 6.54 Å². The van der Waals surface area contributed by atoms with Crippen molar-refractivity contribution in [1.82, 2.24) is 4.57 Å². The van der Waals surface area contributed by atoms with Crippen LogP contribution in [-0.4, -0.2) is 16.4 Å². The minimum atomic E-state index is -4.59. The number of benzene rings is 3. The van der Waals surface area contributed by atoms with Crippen LogP contribution in [0.2, 0.25) is 0 Å². The largest absolute Gasteiger partial charge is 0.446 e. The van der Waals surface area contributed by atoms with Crippen molar-refractivity contribution in [2.45, 2.75) is 18.8 Å². The molecule has 1 N–H and O–H groups in total. The van der Waals surface area contributed by atoms with E-state index < -0.39 is 42.0 Å². The first kappa shape index (κ1) is 22.8. The lowest BCUT2D eigenvalue weighted by Crippen LogP contribution is -2.29. The number of amides is 1. The summed E-state index contributed by atoms with van der Waals surface area (Å²) < 4.78 is 50.5. The Morgan fingerprint density at radius 3 is 2.41 bits per heavy atom. The normalized spacial score (nSPS) is 12.3. The molecule has 1 unspecified atom stereocenters. The molecule has 0 bridgehead atoms. The number of halogens is 3. The number of hydrogen-bond donors (Lipinski definition) is 1. The summed E-state index contributed by atoms with van der Waals surface area (Å²) >= 11 is 0. The first-order chi connectivity index (χ1) is 16.2. The molecule has 0 fully saturated rings. The number of esters is 1. The SMILES string of the molecule is O=C(Cn1c(=O)oc2ccccc21)OC(C(=O)Nc1cccc(C(F)(F)F)c1)c1ccccc1. The predicted molar refractivity (Wildman–Crippen MR) is 116 cm³/mol. The van der Waals surface area contributed by atoms with Crippen LogP contribution in [-0.2, 0) is 27.0 Å². The molecular weight excluding hydrogens is 453 g/mol. The van der Waals surface area contributed by atoms with Crippen LogP contribution in [0.5, 0.6) is 0 Å². The molecule has 0 aliphatic rings. The van der Waals surface area contributed by atoms with E-state index in [0.29, 0.717) is 11.1 Å². The highest BCUT2D eigenvalue weighted by atomic mass is 19.4. The molecule has 0 radical (unpaired) electrons. The number of nitrogens with zero attached hydrogens (tertiary/aromatic N) is 1. The maximum absolute atomic E-state index is 13.0. The number of anilines is 1. The summed E-state index contributed by atoms with van der Waals surface area (Å²) in [5, 5.41) is 2.36. The Hall–Kier alpha value is -4.34. The van der Waals surface area contributed by atoms with Crippen molar-refractivity contribution in [1.29, 1.82) is 0 Å². The molecule has 1 aromatic heterocycles. The van der Waals surface area contributed by atoms with Crippen LogP contribution in [0.3, 0.4) is 0 Å². The van der Waals surface area contributed by atoms with Gasteiger partial charge in [0.15, 0.2) is 5.58 Å². The van der Waals surface area contributed by atoms with E-state index in [9.17, 15) is 27.6 Å². The molecular formula is C24H17F3N2O5. The molecule has 7 nitrogen and oxygen atoms in total. The van der Waals surface area contributed by atoms with Gasteiger partial charge >= 0.3 is 17.9 Å². The van der Waals surface area contributed by atoms with Crippen LogP contribution in [0.4, 0.5) is 18.9 Å². The monoisotopic (exact) mass is 470 g/mol. The van der Waals surface area contributed by atoms with Crippen LogP contribution in [0, 0.1) is 0 Å². The van der Waals surface area contributed by atoms with E-state index in [1.54, 1.807) is 42.5 Å². The number of nitrogens with one attached hydrogen (secondary N) is 1. The van der Waals surface area contributed by atoms with Crippen molar-refractivity contribution in [3.05, 3.63) is 101 Å². The number of fused-ring (bicyclic) bond motifs is 1. The fourth-order valence-corrected chi connectivity index (χ4v) is 3.34. The second-order valence-corrected chi connectivity index (χ2v) is 7.27. The Kier molecular flexibility index (Phi) is 6.22. The minimum absolute atomic E-state index is 0.117. The van der Waals surface area contributed by atoms with Gasteiger partial charge in [-0.05, 0) is 30.3 Å². The zero-order chi connectivity index (χ0) is 24.3. The fraction of sp³-hybridized carbons (Fsp3) is 0.125. The maximum atomic E-state index is 13.0. The van der Waals surface area contributed by atoms with E-state index in [1.807, 2.05) is 0 Å². The smallest absolute Gasteiger partial charge is 0.420 e. The van der Waals surface area contributed by atoms with Crippen LogP contribution < -0.4 is 11.1 Å². The van der Waals surface area contributed by atoms with E-state index in [2.05, 4.69) is 5.32 Å². The Labute approximate surface area is 190 Å². The van der Waals surface area contributed by atoms with Crippen molar-refractivity contribution in [2.24, 2.45) is 0 Å². The minimum Gasteiger partial charge on any atom is -0.446 e. The molecule has 0 spiro atoms. The zero-order valence-corrected chi connectivity index (χ0v) is 17.4. The van der Waals surface area contributed by atoms with Gasteiger partial charge in [-0.1, -0.05) is 48.5 Å². The van der Waals surface area contributed by atoms with Gasteiger partial charge < -0.3 is 14.5 Å². The second kappa shape index (κ2) is 9.26. The fourth-order valence-electron chi connectivity index (χ4n) is 3.34. The molecule has 34 heavy (non-hydrogen) atoms. The van der Waals surface area contributed by atoms with Gasteiger partial charge in [-0.15, -0.1) is 0 Å². The van der Waals surface area contributed by atoms with Gasteiger partial charge in [-0.3, -0.25) is 14.2 Å². The molecule has 0 saturated heterocycles. The van der Waals surface area contributed by atoms with Crippen LogP contribution in [0.1, 0.15) is 17.2 Å². The topological polar surface area (TPSA) is 90.5 Å². The number of carbonyl (C=O) groups is 2. The summed E-state index contributed by atoms with van der Waals surface area (Å²) in [6, 6.07) is 18.5. The van der Waals surface area contributed by atoms with Gasteiger partial charge in [-0.2, -0.15) is 13.2 Å². The first-order valence-electron chi connectivity index (χ1n) is 10.0. The molecule has 0 aliphatic heterocycles. The highest BCUT2D eigenvalue weighted by Gasteiger charge is 2.31. The predicted octanol–water partition coefficient (Wildman–Crippen LogP) is 4.54. The Bertz CT molecular complexity index is 1390. The number of hydrogen-bond acceptors (Lipinski definition) is 5. The summed E-state index contributed by atoms with van der Waals surface area (Å²) in [5.74, 6) is -2.55.